The molecule has 0 aromatic carbocycles. The van der Waals surface area contributed by atoms with Gasteiger partial charge in [0.15, 0.2) is 5.16 Å². The number of aromatic nitrogens is 3. The summed E-state index contributed by atoms with van der Waals surface area (Å²) in [5, 5.41) is 0.666. The van der Waals surface area contributed by atoms with Crippen LogP contribution in [-0.2, 0) is 12.2 Å². The highest BCUT2D eigenvalue weighted by Gasteiger charge is 2.04. The maximum Gasteiger partial charge on any atom is 0.251 e. The number of hydrogen-bond donors (Lipinski definition) is 1. The molecule has 2 aromatic heterocycles. The highest BCUT2D eigenvalue weighted by atomic mass is 35.5. The monoisotopic (exact) mass is 297 g/mol. The zero-order valence-electron chi connectivity index (χ0n) is 10.8. The van der Waals surface area contributed by atoms with Gasteiger partial charge in [0.05, 0.1) is 0 Å². The van der Waals surface area contributed by atoms with Crippen molar-refractivity contribution in [3.05, 3.63) is 51.7 Å². The van der Waals surface area contributed by atoms with Gasteiger partial charge >= 0.3 is 0 Å². The largest absolute Gasteiger partial charge is 0.301 e. The van der Waals surface area contributed by atoms with Crippen LogP contribution < -0.4 is 5.56 Å². The Balaban J connectivity index is 0.00000180. The van der Waals surface area contributed by atoms with E-state index in [4.69, 9.17) is 0 Å². The Morgan fingerprint density at radius 1 is 1.37 bits per heavy atom. The molecule has 0 aliphatic carbocycles. The Bertz CT molecular complexity index is 600. The molecule has 0 amide bonds. The van der Waals surface area contributed by atoms with Crippen molar-refractivity contribution in [2.45, 2.75) is 31.2 Å². The van der Waals surface area contributed by atoms with Crippen LogP contribution in [0.1, 0.15) is 23.7 Å². The fourth-order valence-corrected chi connectivity index (χ4v) is 2.64. The molecule has 0 fully saturated rings. The van der Waals surface area contributed by atoms with Gasteiger partial charge in [-0.15, -0.1) is 12.4 Å². The molecule has 2 aromatic rings. The lowest BCUT2D eigenvalue weighted by molar-refractivity contribution is 0.904. The summed E-state index contributed by atoms with van der Waals surface area (Å²) in [5.74, 6) is 0.790. The Morgan fingerprint density at radius 3 is 2.84 bits per heavy atom. The summed E-state index contributed by atoms with van der Waals surface area (Å²) in [6.45, 7) is 3.93. The second kappa shape index (κ2) is 7.31. The van der Waals surface area contributed by atoms with Crippen LogP contribution in [-0.4, -0.2) is 15.0 Å². The normalized spacial score (nSPS) is 10.0. The first-order valence-corrected chi connectivity index (χ1v) is 6.80. The van der Waals surface area contributed by atoms with Gasteiger partial charge in [-0.25, -0.2) is 4.98 Å². The minimum Gasteiger partial charge on any atom is -0.301 e. The lowest BCUT2D eigenvalue weighted by Gasteiger charge is -2.06. The summed E-state index contributed by atoms with van der Waals surface area (Å²) in [6.07, 6.45) is 4.64. The van der Waals surface area contributed by atoms with Gasteiger partial charge in [0.1, 0.15) is 0 Å². The zero-order chi connectivity index (χ0) is 13.0. The molecular weight excluding hydrogens is 282 g/mol. The number of halogens is 1. The molecule has 2 rings (SSSR count). The highest BCUT2D eigenvalue weighted by molar-refractivity contribution is 7.98. The minimum atomic E-state index is -0.101. The molecule has 102 valence electrons. The molecule has 0 unspecified atom stereocenters. The Kier molecular flexibility index (Phi) is 6.05. The van der Waals surface area contributed by atoms with Crippen LogP contribution in [0.4, 0.5) is 0 Å². The number of nitrogens with one attached hydrogen (secondary N) is 1. The highest BCUT2D eigenvalue weighted by Crippen LogP contribution is 2.20. The van der Waals surface area contributed by atoms with Crippen LogP contribution >= 0.6 is 24.2 Å². The molecule has 19 heavy (non-hydrogen) atoms. The summed E-state index contributed by atoms with van der Waals surface area (Å²) in [5.41, 5.74) is 3.11. The van der Waals surface area contributed by atoms with E-state index in [9.17, 15) is 4.79 Å². The van der Waals surface area contributed by atoms with E-state index in [2.05, 4.69) is 21.9 Å². The predicted octanol–water partition coefficient (Wildman–Crippen LogP) is 2.75. The van der Waals surface area contributed by atoms with Crippen LogP contribution in [0.25, 0.3) is 0 Å². The Labute approximate surface area is 122 Å². The molecule has 1 N–H and O–H groups in total. The lowest BCUT2D eigenvalue weighted by Crippen LogP contribution is -2.08. The van der Waals surface area contributed by atoms with Crippen molar-refractivity contribution in [3.8, 4) is 0 Å². The van der Waals surface area contributed by atoms with Crippen LogP contribution in [0.5, 0.6) is 0 Å². The maximum absolute atomic E-state index is 11.3. The second-order valence-electron chi connectivity index (χ2n) is 3.98. The first kappa shape index (κ1) is 15.7. The molecule has 0 atom stereocenters. The summed E-state index contributed by atoms with van der Waals surface area (Å²) < 4.78 is 0. The van der Waals surface area contributed by atoms with Crippen molar-refractivity contribution in [3.63, 3.8) is 0 Å². The van der Waals surface area contributed by atoms with Gasteiger partial charge in [0.2, 0.25) is 0 Å². The van der Waals surface area contributed by atoms with Gasteiger partial charge in [-0.05, 0) is 30.5 Å². The summed E-state index contributed by atoms with van der Waals surface area (Å²) >= 11 is 1.54. The molecule has 0 saturated heterocycles. The van der Waals surface area contributed by atoms with Crippen LogP contribution in [0, 0.1) is 6.92 Å². The molecule has 2 heterocycles. The van der Waals surface area contributed by atoms with Crippen LogP contribution in [0.3, 0.4) is 0 Å². The molecule has 0 saturated carbocycles. The molecule has 0 aliphatic rings. The van der Waals surface area contributed by atoms with E-state index < -0.39 is 0 Å². The average Bonchev–Trinajstić information content (AvgIpc) is 2.35. The number of nitrogens with zero attached hydrogens (tertiary/aromatic N) is 2. The predicted molar refractivity (Wildman–Crippen MR) is 80.0 cm³/mol. The fraction of sp³-hybridized carbons (Fsp3) is 0.308. The summed E-state index contributed by atoms with van der Waals surface area (Å²) in [7, 11) is 0. The Hall–Kier alpha value is -1.33. The zero-order valence-corrected chi connectivity index (χ0v) is 12.5. The van der Waals surface area contributed by atoms with Crippen molar-refractivity contribution in [1.29, 1.82) is 0 Å². The van der Waals surface area contributed by atoms with Gasteiger partial charge in [-0.1, -0.05) is 18.7 Å². The molecule has 0 spiro atoms. The second-order valence-corrected chi connectivity index (χ2v) is 4.94. The van der Waals surface area contributed by atoms with E-state index in [1.807, 2.05) is 19.2 Å². The van der Waals surface area contributed by atoms with E-state index in [0.29, 0.717) is 5.16 Å². The van der Waals surface area contributed by atoms with E-state index in [0.717, 1.165) is 17.9 Å². The van der Waals surface area contributed by atoms with Gasteiger partial charge < -0.3 is 4.98 Å². The summed E-state index contributed by atoms with van der Waals surface area (Å²) in [4.78, 5) is 22.5. The summed E-state index contributed by atoms with van der Waals surface area (Å²) in [6, 6.07) is 3.51. The molecule has 6 heteroatoms. The number of hydrogen-bond acceptors (Lipinski definition) is 4. The SMILES string of the molecule is CCc1cnccc1CSc1nc(C)cc(=O)[nH]1.Cl. The van der Waals surface area contributed by atoms with Crippen molar-refractivity contribution >= 4 is 24.2 Å². The van der Waals surface area contributed by atoms with Crippen molar-refractivity contribution in [2.75, 3.05) is 0 Å². The van der Waals surface area contributed by atoms with E-state index in [1.54, 1.807) is 6.20 Å². The molecule has 0 radical (unpaired) electrons. The van der Waals surface area contributed by atoms with Gasteiger partial charge in [-0.2, -0.15) is 0 Å². The Morgan fingerprint density at radius 2 is 2.16 bits per heavy atom. The van der Waals surface area contributed by atoms with Gasteiger partial charge in [0, 0.05) is 29.9 Å². The fourth-order valence-electron chi connectivity index (χ4n) is 1.68. The number of H-pyrrole nitrogens is 1. The first-order valence-electron chi connectivity index (χ1n) is 5.81. The standard InChI is InChI=1S/C13H15N3OS.ClH/c1-3-10-7-14-5-4-11(10)8-18-13-15-9(2)6-12(17)16-13;/h4-7H,3,8H2,1-2H3,(H,15,16,17);1H. The third-order valence-electron chi connectivity index (χ3n) is 2.60. The minimum absolute atomic E-state index is 0. The van der Waals surface area contributed by atoms with Gasteiger partial charge in [-0.3, -0.25) is 9.78 Å². The number of pyridine rings is 1. The van der Waals surface area contributed by atoms with E-state index >= 15 is 0 Å². The van der Waals surface area contributed by atoms with Gasteiger partial charge in [0.25, 0.3) is 5.56 Å². The van der Waals surface area contributed by atoms with E-state index in [1.165, 1.54) is 29.0 Å². The van der Waals surface area contributed by atoms with Crippen LogP contribution in [0.15, 0.2) is 34.5 Å². The average molecular weight is 298 g/mol. The molecule has 0 aliphatic heterocycles. The number of thioether (sulfide) groups is 1. The third-order valence-corrected chi connectivity index (χ3v) is 3.52. The molecule has 0 bridgehead atoms. The quantitative estimate of drug-likeness (QED) is 0.696. The first-order chi connectivity index (χ1) is 8.69. The molecule has 4 nitrogen and oxygen atoms in total. The maximum atomic E-state index is 11.3. The van der Waals surface area contributed by atoms with Crippen LogP contribution in [0.2, 0.25) is 0 Å². The van der Waals surface area contributed by atoms with Crippen molar-refractivity contribution < 1.29 is 0 Å². The topological polar surface area (TPSA) is 58.6 Å². The van der Waals surface area contributed by atoms with Crippen molar-refractivity contribution in [1.82, 2.24) is 15.0 Å². The van der Waals surface area contributed by atoms with Crippen molar-refractivity contribution in [2.24, 2.45) is 0 Å². The smallest absolute Gasteiger partial charge is 0.251 e. The number of aryl methyl sites for hydroxylation is 2. The third kappa shape index (κ3) is 4.36. The lowest BCUT2D eigenvalue weighted by atomic mass is 10.1. The number of rotatable bonds is 4. The van der Waals surface area contributed by atoms with E-state index in [-0.39, 0.29) is 18.0 Å². The number of aromatic amines is 1. The molecular formula is C13H16ClN3OS.